The van der Waals surface area contributed by atoms with E-state index in [4.69, 9.17) is 4.74 Å². The summed E-state index contributed by atoms with van der Waals surface area (Å²) >= 11 is 0. The van der Waals surface area contributed by atoms with Crippen molar-refractivity contribution >= 4 is 23.6 Å². The van der Waals surface area contributed by atoms with E-state index < -0.39 is 23.3 Å². The van der Waals surface area contributed by atoms with Crippen molar-refractivity contribution in [3.05, 3.63) is 51.3 Å². The minimum atomic E-state index is -1.04. The molecule has 0 radical (unpaired) electrons. The number of aromatic nitrogens is 2. The van der Waals surface area contributed by atoms with Gasteiger partial charge in [-0.1, -0.05) is 31.2 Å². The lowest BCUT2D eigenvalue weighted by Crippen LogP contribution is -2.43. The summed E-state index contributed by atoms with van der Waals surface area (Å²) in [5, 5.41) is 12.3. The number of fused-ring (bicyclic) bond motifs is 1. The summed E-state index contributed by atoms with van der Waals surface area (Å²) < 4.78 is 5.15. The number of anilines is 2. The van der Waals surface area contributed by atoms with Gasteiger partial charge in [0.2, 0.25) is 11.9 Å². The van der Waals surface area contributed by atoms with Gasteiger partial charge in [0, 0.05) is 19.0 Å². The Bertz CT molecular complexity index is 1150. The predicted molar refractivity (Wildman–Crippen MR) is 122 cm³/mol. The van der Waals surface area contributed by atoms with E-state index in [-0.39, 0.29) is 23.3 Å². The highest BCUT2D eigenvalue weighted by molar-refractivity contribution is 5.98. The van der Waals surface area contributed by atoms with Crippen LogP contribution in [0.5, 0.6) is 0 Å². The number of nitriles is 1. The quantitative estimate of drug-likeness (QED) is 0.671. The molecule has 2 aromatic rings. The lowest BCUT2D eigenvalue weighted by Gasteiger charge is -2.33. The molecule has 3 atom stereocenters. The first kappa shape index (κ1) is 22.5. The van der Waals surface area contributed by atoms with E-state index in [0.29, 0.717) is 32.1 Å². The van der Waals surface area contributed by atoms with Crippen LogP contribution in [-0.4, -0.2) is 41.5 Å². The maximum Gasteiger partial charge on any atom is 0.310 e. The molecule has 1 saturated heterocycles. The first-order valence-electron chi connectivity index (χ1n) is 11.3. The predicted octanol–water partition coefficient (Wildman–Crippen LogP) is 2.34. The molecular formula is C24H27N5O4. The molecule has 33 heavy (non-hydrogen) atoms. The summed E-state index contributed by atoms with van der Waals surface area (Å²) in [5.41, 5.74) is 1.71. The fourth-order valence-electron chi connectivity index (χ4n) is 4.59. The molecule has 1 amide bonds. The van der Waals surface area contributed by atoms with Gasteiger partial charge in [-0.05, 0) is 37.3 Å². The van der Waals surface area contributed by atoms with Gasteiger partial charge >= 0.3 is 5.97 Å². The number of rotatable bonds is 5. The Kier molecular flexibility index (Phi) is 6.45. The normalized spacial score (nSPS) is 22.2. The van der Waals surface area contributed by atoms with Crippen molar-refractivity contribution in [1.82, 2.24) is 9.97 Å². The number of H-pyrrole nitrogens is 1. The maximum absolute atomic E-state index is 13.2. The van der Waals surface area contributed by atoms with E-state index in [0.717, 1.165) is 24.0 Å². The highest BCUT2D eigenvalue weighted by Gasteiger charge is 2.40. The summed E-state index contributed by atoms with van der Waals surface area (Å²) in [7, 11) is 0. The number of benzene rings is 1. The lowest BCUT2D eigenvalue weighted by atomic mass is 9.79. The number of hydrogen-bond acceptors (Lipinski definition) is 7. The van der Waals surface area contributed by atoms with Crippen molar-refractivity contribution in [1.29, 1.82) is 5.26 Å². The van der Waals surface area contributed by atoms with Crippen LogP contribution in [0.4, 0.5) is 11.8 Å². The Morgan fingerprint density at radius 3 is 2.70 bits per heavy atom. The number of piperidine rings is 1. The van der Waals surface area contributed by atoms with E-state index in [2.05, 4.69) is 21.4 Å². The van der Waals surface area contributed by atoms with Crippen LogP contribution < -0.4 is 15.8 Å². The first-order chi connectivity index (χ1) is 16.0. The molecule has 3 heterocycles. The van der Waals surface area contributed by atoms with Gasteiger partial charge in [0.25, 0.3) is 5.56 Å². The van der Waals surface area contributed by atoms with Crippen molar-refractivity contribution in [3.8, 4) is 6.07 Å². The van der Waals surface area contributed by atoms with E-state index in [1.807, 2.05) is 36.1 Å². The van der Waals surface area contributed by atoms with E-state index in [1.54, 1.807) is 6.92 Å². The van der Waals surface area contributed by atoms with Crippen LogP contribution in [0.2, 0.25) is 0 Å². The molecule has 3 unspecified atom stereocenters. The van der Waals surface area contributed by atoms with E-state index in [1.165, 1.54) is 0 Å². The second-order valence-electron chi connectivity index (χ2n) is 8.36. The number of aromatic amines is 1. The van der Waals surface area contributed by atoms with Crippen molar-refractivity contribution in [3.63, 3.8) is 0 Å². The van der Waals surface area contributed by atoms with Crippen molar-refractivity contribution in [2.45, 2.75) is 39.0 Å². The Labute approximate surface area is 191 Å². The molecule has 0 spiro atoms. The van der Waals surface area contributed by atoms with Crippen molar-refractivity contribution in [2.24, 2.45) is 11.8 Å². The van der Waals surface area contributed by atoms with Crippen molar-refractivity contribution < 1.29 is 14.3 Å². The van der Waals surface area contributed by atoms with Gasteiger partial charge in [0.05, 0.1) is 24.2 Å². The Morgan fingerprint density at radius 1 is 1.27 bits per heavy atom. The SMILES string of the molecule is CCOC(=O)C1CCCN(c2nc3c(c(=O)[nH]2)C(c2ccc(CC)cc2)C(C#N)C(=O)N3)C1. The van der Waals surface area contributed by atoms with Crippen LogP contribution in [0.1, 0.15) is 49.3 Å². The summed E-state index contributed by atoms with van der Waals surface area (Å²) in [4.78, 5) is 47.4. The average molecular weight is 450 g/mol. The molecule has 0 saturated carbocycles. The zero-order valence-corrected chi connectivity index (χ0v) is 18.8. The number of carbonyl (C=O) groups excluding carboxylic acids is 2. The molecule has 0 bridgehead atoms. The molecular weight excluding hydrogens is 422 g/mol. The molecule has 1 fully saturated rings. The number of esters is 1. The third kappa shape index (κ3) is 4.33. The number of carbonyl (C=O) groups is 2. The highest BCUT2D eigenvalue weighted by atomic mass is 16.5. The number of hydrogen-bond donors (Lipinski definition) is 2. The summed E-state index contributed by atoms with van der Waals surface area (Å²) in [6.45, 7) is 5.12. The molecule has 9 heteroatoms. The minimum absolute atomic E-state index is 0.160. The van der Waals surface area contributed by atoms with Crippen LogP contribution in [0.25, 0.3) is 0 Å². The largest absolute Gasteiger partial charge is 0.466 e. The van der Waals surface area contributed by atoms with E-state index >= 15 is 0 Å². The molecule has 0 aliphatic carbocycles. The minimum Gasteiger partial charge on any atom is -0.466 e. The van der Waals surface area contributed by atoms with Crippen molar-refractivity contribution in [2.75, 3.05) is 29.9 Å². The first-order valence-corrected chi connectivity index (χ1v) is 11.3. The Hall–Kier alpha value is -3.67. The number of aryl methyl sites for hydroxylation is 1. The van der Waals surface area contributed by atoms with Gasteiger partial charge in [-0.2, -0.15) is 10.2 Å². The molecule has 2 aliphatic heterocycles. The van der Waals surface area contributed by atoms with Crippen LogP contribution in [-0.2, 0) is 20.7 Å². The molecule has 172 valence electrons. The zero-order valence-electron chi connectivity index (χ0n) is 18.8. The third-order valence-corrected chi connectivity index (χ3v) is 6.34. The van der Waals surface area contributed by atoms with Crippen LogP contribution in [0.15, 0.2) is 29.1 Å². The Morgan fingerprint density at radius 2 is 2.03 bits per heavy atom. The molecule has 1 aromatic carbocycles. The summed E-state index contributed by atoms with van der Waals surface area (Å²) in [6.07, 6.45) is 2.32. The van der Waals surface area contributed by atoms with Gasteiger partial charge in [-0.25, -0.2) is 0 Å². The fraction of sp³-hybridized carbons (Fsp3) is 0.458. The number of nitrogens with zero attached hydrogens (tertiary/aromatic N) is 3. The number of nitrogens with one attached hydrogen (secondary N) is 2. The number of amides is 1. The van der Waals surface area contributed by atoms with Gasteiger partial charge in [-0.3, -0.25) is 19.4 Å². The topological polar surface area (TPSA) is 128 Å². The second kappa shape index (κ2) is 9.45. The molecule has 9 nitrogen and oxygen atoms in total. The third-order valence-electron chi connectivity index (χ3n) is 6.34. The van der Waals surface area contributed by atoms with E-state index in [9.17, 15) is 19.6 Å². The number of ether oxygens (including phenoxy) is 1. The van der Waals surface area contributed by atoms with Crippen LogP contribution in [0, 0.1) is 23.2 Å². The van der Waals surface area contributed by atoms with Crippen LogP contribution in [0.3, 0.4) is 0 Å². The molecule has 4 rings (SSSR count). The maximum atomic E-state index is 13.2. The summed E-state index contributed by atoms with van der Waals surface area (Å²) in [6, 6.07) is 9.65. The van der Waals surface area contributed by atoms with Gasteiger partial charge < -0.3 is 15.0 Å². The lowest BCUT2D eigenvalue weighted by molar-refractivity contribution is -0.148. The van der Waals surface area contributed by atoms with Gasteiger partial charge in [0.15, 0.2) is 0 Å². The fourth-order valence-corrected chi connectivity index (χ4v) is 4.59. The monoisotopic (exact) mass is 449 g/mol. The Balaban J connectivity index is 1.71. The summed E-state index contributed by atoms with van der Waals surface area (Å²) in [5.74, 6) is -2.35. The average Bonchev–Trinajstić information content (AvgIpc) is 2.83. The zero-order chi connectivity index (χ0) is 23.5. The van der Waals surface area contributed by atoms with Gasteiger partial charge in [-0.15, -0.1) is 0 Å². The molecule has 2 aliphatic rings. The molecule has 1 aromatic heterocycles. The molecule has 2 N–H and O–H groups in total. The smallest absolute Gasteiger partial charge is 0.310 e. The van der Waals surface area contributed by atoms with Gasteiger partial charge in [0.1, 0.15) is 11.7 Å². The van der Waals surface area contributed by atoms with Crippen LogP contribution >= 0.6 is 0 Å². The standard InChI is InChI=1S/C24H27N5O4/c1-3-14-7-9-15(10-8-14)18-17(12-25)21(30)26-20-19(18)22(31)28-24(27-20)29-11-5-6-16(13-29)23(32)33-4-2/h7-10,16-18H,3-6,11,13H2,1-2H3,(H2,26,27,28,30,31). The second-order valence-corrected chi connectivity index (χ2v) is 8.36. The highest BCUT2D eigenvalue weighted by Crippen LogP contribution is 2.38.